The van der Waals surface area contributed by atoms with E-state index in [1.165, 1.54) is 0 Å². The van der Waals surface area contributed by atoms with Crippen LogP contribution >= 0.6 is 0 Å². The van der Waals surface area contributed by atoms with E-state index in [1.807, 2.05) is 44.2 Å². The van der Waals surface area contributed by atoms with Gasteiger partial charge in [-0.3, -0.25) is 0 Å². The van der Waals surface area contributed by atoms with E-state index in [-0.39, 0.29) is 19.2 Å². The van der Waals surface area contributed by atoms with Gasteiger partial charge in [0.15, 0.2) is 0 Å². The molecule has 2 amide bonds. The number of nitrogens with one attached hydrogen (secondary N) is 2. The quantitative estimate of drug-likeness (QED) is 0.721. The average molecular weight is 294 g/mol. The van der Waals surface area contributed by atoms with Crippen LogP contribution in [0.3, 0.4) is 0 Å². The SMILES string of the molecule is CC(C)C[C@@H](CNC(=O)O)NC(=O)OCc1ccccc1. The van der Waals surface area contributed by atoms with Crippen molar-refractivity contribution in [3.05, 3.63) is 35.9 Å². The molecule has 0 saturated carbocycles. The molecule has 0 bridgehead atoms. The lowest BCUT2D eigenvalue weighted by Gasteiger charge is -2.20. The van der Waals surface area contributed by atoms with Crippen LogP contribution in [-0.2, 0) is 11.3 Å². The van der Waals surface area contributed by atoms with Gasteiger partial charge in [0.05, 0.1) is 0 Å². The van der Waals surface area contributed by atoms with E-state index in [0.717, 1.165) is 5.56 Å². The van der Waals surface area contributed by atoms with E-state index in [2.05, 4.69) is 10.6 Å². The van der Waals surface area contributed by atoms with E-state index in [0.29, 0.717) is 12.3 Å². The summed E-state index contributed by atoms with van der Waals surface area (Å²) in [5.74, 6) is 0.333. The average Bonchev–Trinajstić information content (AvgIpc) is 2.43. The minimum atomic E-state index is -1.11. The van der Waals surface area contributed by atoms with Crippen LogP contribution in [-0.4, -0.2) is 29.9 Å². The lowest BCUT2D eigenvalue weighted by Crippen LogP contribution is -2.44. The highest BCUT2D eigenvalue weighted by molar-refractivity contribution is 5.68. The largest absolute Gasteiger partial charge is 0.465 e. The van der Waals surface area contributed by atoms with Gasteiger partial charge in [0, 0.05) is 12.6 Å². The maximum atomic E-state index is 11.7. The molecule has 0 radical (unpaired) electrons. The molecule has 0 spiro atoms. The predicted molar refractivity (Wildman–Crippen MR) is 79.0 cm³/mol. The smallest absolute Gasteiger partial charge is 0.407 e. The molecular formula is C15H22N2O4. The second-order valence-electron chi connectivity index (χ2n) is 5.22. The normalized spacial score (nSPS) is 11.8. The second-order valence-corrected chi connectivity index (χ2v) is 5.22. The van der Waals surface area contributed by atoms with Crippen molar-refractivity contribution in [2.45, 2.75) is 32.9 Å². The lowest BCUT2D eigenvalue weighted by molar-refractivity contribution is 0.133. The summed E-state index contributed by atoms with van der Waals surface area (Å²) in [7, 11) is 0. The number of amides is 2. The first-order valence-corrected chi connectivity index (χ1v) is 6.91. The number of rotatable bonds is 7. The van der Waals surface area contributed by atoms with Gasteiger partial charge in [0.2, 0.25) is 0 Å². The molecule has 0 aliphatic carbocycles. The third-order valence-electron chi connectivity index (χ3n) is 2.79. The third-order valence-corrected chi connectivity index (χ3v) is 2.79. The van der Waals surface area contributed by atoms with Gasteiger partial charge in [-0.05, 0) is 17.9 Å². The summed E-state index contributed by atoms with van der Waals surface area (Å²) in [4.78, 5) is 22.3. The number of benzene rings is 1. The Bertz CT molecular complexity index is 448. The third kappa shape index (κ3) is 7.81. The molecular weight excluding hydrogens is 272 g/mol. The summed E-state index contributed by atoms with van der Waals surface area (Å²) in [6, 6.07) is 9.07. The van der Waals surface area contributed by atoms with Gasteiger partial charge in [-0.1, -0.05) is 44.2 Å². The fourth-order valence-electron chi connectivity index (χ4n) is 1.90. The van der Waals surface area contributed by atoms with E-state index in [9.17, 15) is 9.59 Å². The Morgan fingerprint density at radius 2 is 1.90 bits per heavy atom. The molecule has 0 unspecified atom stereocenters. The molecule has 6 nitrogen and oxygen atoms in total. The Morgan fingerprint density at radius 1 is 1.24 bits per heavy atom. The van der Waals surface area contributed by atoms with Crippen molar-refractivity contribution in [2.75, 3.05) is 6.54 Å². The summed E-state index contributed by atoms with van der Waals surface area (Å²) >= 11 is 0. The van der Waals surface area contributed by atoms with Crippen LogP contribution in [0.15, 0.2) is 30.3 Å². The molecule has 1 rings (SSSR count). The zero-order chi connectivity index (χ0) is 15.7. The molecule has 0 saturated heterocycles. The van der Waals surface area contributed by atoms with Crippen LogP contribution in [0.4, 0.5) is 9.59 Å². The first-order valence-electron chi connectivity index (χ1n) is 6.91. The van der Waals surface area contributed by atoms with Gasteiger partial charge >= 0.3 is 12.2 Å². The molecule has 3 N–H and O–H groups in total. The van der Waals surface area contributed by atoms with E-state index >= 15 is 0 Å². The standard InChI is InChI=1S/C15H22N2O4/c1-11(2)8-13(9-16-14(18)19)17-15(20)21-10-12-6-4-3-5-7-12/h3-7,11,13,16H,8-10H2,1-2H3,(H,17,20)(H,18,19)/t13-/m0/s1. The van der Waals surface area contributed by atoms with Crippen LogP contribution in [0.25, 0.3) is 0 Å². The Balaban J connectivity index is 2.41. The number of hydrogen-bond acceptors (Lipinski definition) is 3. The second kappa shape index (κ2) is 8.84. The van der Waals surface area contributed by atoms with Crippen molar-refractivity contribution < 1.29 is 19.4 Å². The summed E-state index contributed by atoms with van der Waals surface area (Å²) in [6.45, 7) is 4.36. The number of carboxylic acid groups (broad SMARTS) is 1. The molecule has 0 heterocycles. The van der Waals surface area contributed by atoms with Gasteiger partial charge in [0.1, 0.15) is 6.61 Å². The molecule has 0 aliphatic rings. The summed E-state index contributed by atoms with van der Waals surface area (Å²) in [6.07, 6.45) is -0.985. The van der Waals surface area contributed by atoms with E-state index < -0.39 is 12.2 Å². The monoisotopic (exact) mass is 294 g/mol. The minimum Gasteiger partial charge on any atom is -0.465 e. The molecule has 0 fully saturated rings. The highest BCUT2D eigenvalue weighted by atomic mass is 16.5. The number of ether oxygens (including phenoxy) is 1. The zero-order valence-electron chi connectivity index (χ0n) is 12.3. The molecule has 1 aromatic carbocycles. The summed E-state index contributed by atoms with van der Waals surface area (Å²) < 4.78 is 5.12. The van der Waals surface area contributed by atoms with Crippen molar-refractivity contribution in [1.29, 1.82) is 0 Å². The van der Waals surface area contributed by atoms with Gasteiger partial charge in [-0.25, -0.2) is 9.59 Å². The first kappa shape index (κ1) is 16.8. The van der Waals surface area contributed by atoms with Crippen LogP contribution in [0, 0.1) is 5.92 Å². The van der Waals surface area contributed by atoms with Crippen molar-refractivity contribution in [3.63, 3.8) is 0 Å². The van der Waals surface area contributed by atoms with Gasteiger partial charge in [0.25, 0.3) is 0 Å². The predicted octanol–water partition coefficient (Wildman–Crippen LogP) is 2.60. The first-order chi connectivity index (χ1) is 9.97. The maximum absolute atomic E-state index is 11.7. The fraction of sp³-hybridized carbons (Fsp3) is 0.467. The Labute approximate surface area is 124 Å². The number of alkyl carbamates (subject to hydrolysis) is 1. The van der Waals surface area contributed by atoms with Gasteiger partial charge in [-0.15, -0.1) is 0 Å². The Morgan fingerprint density at radius 3 is 2.48 bits per heavy atom. The van der Waals surface area contributed by atoms with Gasteiger partial charge < -0.3 is 20.5 Å². The number of carbonyl (C=O) groups is 2. The van der Waals surface area contributed by atoms with Gasteiger partial charge in [-0.2, -0.15) is 0 Å². The Hall–Kier alpha value is -2.24. The van der Waals surface area contributed by atoms with Crippen LogP contribution in [0.1, 0.15) is 25.8 Å². The van der Waals surface area contributed by atoms with Crippen molar-refractivity contribution in [2.24, 2.45) is 5.92 Å². The number of carbonyl (C=O) groups excluding carboxylic acids is 1. The molecule has 0 aromatic heterocycles. The topological polar surface area (TPSA) is 87.7 Å². The molecule has 21 heavy (non-hydrogen) atoms. The van der Waals surface area contributed by atoms with Crippen LogP contribution < -0.4 is 10.6 Å². The summed E-state index contributed by atoms with van der Waals surface area (Å²) in [5.41, 5.74) is 0.900. The minimum absolute atomic E-state index is 0.161. The highest BCUT2D eigenvalue weighted by Crippen LogP contribution is 2.05. The van der Waals surface area contributed by atoms with Crippen LogP contribution in [0.2, 0.25) is 0 Å². The van der Waals surface area contributed by atoms with E-state index in [4.69, 9.17) is 9.84 Å². The van der Waals surface area contributed by atoms with Crippen LogP contribution in [0.5, 0.6) is 0 Å². The molecule has 0 aliphatic heterocycles. The molecule has 1 aromatic rings. The summed E-state index contributed by atoms with van der Waals surface area (Å²) in [5, 5.41) is 13.6. The van der Waals surface area contributed by atoms with Crippen molar-refractivity contribution in [1.82, 2.24) is 10.6 Å². The Kier molecular flexibility index (Phi) is 7.08. The fourth-order valence-corrected chi connectivity index (χ4v) is 1.90. The molecule has 1 atom stereocenters. The zero-order valence-corrected chi connectivity index (χ0v) is 12.3. The lowest BCUT2D eigenvalue weighted by atomic mass is 10.0. The maximum Gasteiger partial charge on any atom is 0.407 e. The number of hydrogen-bond donors (Lipinski definition) is 3. The van der Waals surface area contributed by atoms with Crippen molar-refractivity contribution >= 4 is 12.2 Å². The van der Waals surface area contributed by atoms with Crippen molar-refractivity contribution in [3.8, 4) is 0 Å². The molecule has 116 valence electrons. The highest BCUT2D eigenvalue weighted by Gasteiger charge is 2.15. The molecule has 6 heteroatoms. The van der Waals surface area contributed by atoms with E-state index in [1.54, 1.807) is 0 Å².